The van der Waals surface area contributed by atoms with Crippen LogP contribution in [0.15, 0.2) is 40.7 Å². The molecule has 6 heteroatoms. The van der Waals surface area contributed by atoms with E-state index < -0.39 is 0 Å². The Bertz CT molecular complexity index is 625. The number of hydrogen-bond acceptors (Lipinski definition) is 3. The van der Waals surface area contributed by atoms with Gasteiger partial charge >= 0.3 is 0 Å². The van der Waals surface area contributed by atoms with Gasteiger partial charge in [0.2, 0.25) is 0 Å². The van der Waals surface area contributed by atoms with Gasteiger partial charge in [-0.1, -0.05) is 0 Å². The van der Waals surface area contributed by atoms with Crippen molar-refractivity contribution < 1.29 is 9.13 Å². The molecule has 0 amide bonds. The van der Waals surface area contributed by atoms with Gasteiger partial charge in [-0.05, 0) is 54.6 Å². The van der Waals surface area contributed by atoms with Crippen LogP contribution in [0.1, 0.15) is 16.9 Å². The maximum atomic E-state index is 12.8. The minimum Gasteiger partial charge on any atom is -0.494 e. The zero-order chi connectivity index (χ0) is 16.5. The summed E-state index contributed by atoms with van der Waals surface area (Å²) in [5.41, 5.74) is 1.30. The third-order valence-corrected chi connectivity index (χ3v) is 4.33. The van der Waals surface area contributed by atoms with Crippen molar-refractivity contribution in [1.29, 1.82) is 0 Å². The highest BCUT2D eigenvalue weighted by Gasteiger charge is 2.02. The first-order valence-electron chi connectivity index (χ1n) is 7.55. The molecule has 0 aliphatic heterocycles. The van der Waals surface area contributed by atoms with E-state index in [9.17, 15) is 4.39 Å². The second kappa shape index (κ2) is 9.15. The van der Waals surface area contributed by atoms with Gasteiger partial charge in [0.05, 0.1) is 13.2 Å². The minimum atomic E-state index is -0.255. The van der Waals surface area contributed by atoms with Gasteiger partial charge in [0.15, 0.2) is 5.96 Å². The van der Waals surface area contributed by atoms with Crippen molar-refractivity contribution in [2.45, 2.75) is 19.9 Å². The van der Waals surface area contributed by atoms with Crippen LogP contribution >= 0.6 is 11.3 Å². The largest absolute Gasteiger partial charge is 0.494 e. The number of aryl methyl sites for hydroxylation is 1. The smallest absolute Gasteiger partial charge is 0.191 e. The summed E-state index contributed by atoms with van der Waals surface area (Å²) in [4.78, 5) is 5.51. The van der Waals surface area contributed by atoms with Crippen molar-refractivity contribution in [3.63, 3.8) is 0 Å². The standard InChI is InChI=1S/C17H22FN3OS/c1-13-8-11-23-16(13)12-21-17(19-2)20-9-3-10-22-15-6-4-14(18)5-7-15/h4-8,11H,3,9-10,12H2,1-2H3,(H2,19,20,21). The zero-order valence-corrected chi connectivity index (χ0v) is 14.3. The first kappa shape index (κ1) is 17.3. The van der Waals surface area contributed by atoms with E-state index in [1.165, 1.54) is 22.6 Å². The molecule has 1 aromatic carbocycles. The van der Waals surface area contributed by atoms with Crippen LogP contribution in [-0.4, -0.2) is 26.2 Å². The lowest BCUT2D eigenvalue weighted by Crippen LogP contribution is -2.37. The molecule has 124 valence electrons. The Morgan fingerprint density at radius 3 is 2.65 bits per heavy atom. The number of halogens is 1. The fourth-order valence-corrected chi connectivity index (χ4v) is 2.82. The topological polar surface area (TPSA) is 45.7 Å². The minimum absolute atomic E-state index is 0.255. The fourth-order valence-electron chi connectivity index (χ4n) is 1.97. The lowest BCUT2D eigenvalue weighted by atomic mass is 10.3. The highest BCUT2D eigenvalue weighted by atomic mass is 32.1. The number of hydrogen-bond donors (Lipinski definition) is 2. The lowest BCUT2D eigenvalue weighted by Gasteiger charge is -2.12. The van der Waals surface area contributed by atoms with Gasteiger partial charge in [-0.15, -0.1) is 11.3 Å². The molecule has 0 spiro atoms. The Morgan fingerprint density at radius 1 is 1.22 bits per heavy atom. The molecule has 23 heavy (non-hydrogen) atoms. The van der Waals surface area contributed by atoms with E-state index in [1.54, 1.807) is 30.5 Å². The van der Waals surface area contributed by atoms with Crippen molar-refractivity contribution >= 4 is 17.3 Å². The molecular weight excluding hydrogens is 313 g/mol. The molecule has 0 atom stereocenters. The Balaban J connectivity index is 1.62. The summed E-state index contributed by atoms with van der Waals surface area (Å²) in [5.74, 6) is 1.21. The van der Waals surface area contributed by atoms with Crippen LogP contribution in [0.25, 0.3) is 0 Å². The van der Waals surface area contributed by atoms with Gasteiger partial charge in [0, 0.05) is 18.5 Å². The molecule has 2 aromatic rings. The number of ether oxygens (including phenoxy) is 1. The van der Waals surface area contributed by atoms with Gasteiger partial charge < -0.3 is 15.4 Å². The lowest BCUT2D eigenvalue weighted by molar-refractivity contribution is 0.310. The van der Waals surface area contributed by atoms with Crippen molar-refractivity contribution in [3.05, 3.63) is 52.0 Å². The summed E-state index contributed by atoms with van der Waals surface area (Å²) >= 11 is 1.74. The second-order valence-electron chi connectivity index (χ2n) is 5.04. The third kappa shape index (κ3) is 5.90. The third-order valence-electron chi connectivity index (χ3n) is 3.30. The number of nitrogens with zero attached hydrogens (tertiary/aromatic N) is 1. The summed E-state index contributed by atoms with van der Waals surface area (Å²) in [6, 6.07) is 8.17. The van der Waals surface area contributed by atoms with E-state index in [-0.39, 0.29) is 5.82 Å². The summed E-state index contributed by atoms with van der Waals surface area (Å²) in [6.07, 6.45) is 0.829. The van der Waals surface area contributed by atoms with E-state index in [1.807, 2.05) is 0 Å². The molecule has 0 bridgehead atoms. The molecular formula is C17H22FN3OS. The van der Waals surface area contributed by atoms with Gasteiger partial charge in [-0.2, -0.15) is 0 Å². The van der Waals surface area contributed by atoms with Crippen LogP contribution in [-0.2, 0) is 6.54 Å². The predicted molar refractivity (Wildman–Crippen MR) is 93.8 cm³/mol. The number of rotatable bonds is 7. The van der Waals surface area contributed by atoms with E-state index >= 15 is 0 Å². The summed E-state index contributed by atoms with van der Waals surface area (Å²) in [5, 5.41) is 8.64. The Kier molecular flexibility index (Phi) is 6.87. The maximum Gasteiger partial charge on any atom is 0.191 e. The maximum absolute atomic E-state index is 12.8. The summed E-state index contributed by atoms with van der Waals surface area (Å²) < 4.78 is 18.3. The average Bonchev–Trinajstić information content (AvgIpc) is 2.97. The first-order valence-corrected chi connectivity index (χ1v) is 8.43. The average molecular weight is 335 g/mol. The normalized spacial score (nSPS) is 11.3. The Morgan fingerprint density at radius 2 is 2.00 bits per heavy atom. The van der Waals surface area contributed by atoms with Gasteiger partial charge in [0.1, 0.15) is 11.6 Å². The number of thiophene rings is 1. The highest BCUT2D eigenvalue weighted by molar-refractivity contribution is 7.10. The van der Waals surface area contributed by atoms with Crippen LogP contribution in [0, 0.1) is 12.7 Å². The molecule has 0 saturated heterocycles. The number of aliphatic imine (C=N–C) groups is 1. The van der Waals surface area contributed by atoms with E-state index in [0.29, 0.717) is 12.4 Å². The quantitative estimate of drug-likeness (QED) is 0.463. The second-order valence-corrected chi connectivity index (χ2v) is 6.04. The monoisotopic (exact) mass is 335 g/mol. The highest BCUT2D eigenvalue weighted by Crippen LogP contribution is 2.14. The summed E-state index contributed by atoms with van der Waals surface area (Å²) in [7, 11) is 1.76. The number of guanidine groups is 1. The molecule has 0 saturated carbocycles. The molecule has 1 heterocycles. The zero-order valence-electron chi connectivity index (χ0n) is 13.4. The number of benzene rings is 1. The molecule has 0 aliphatic rings. The molecule has 0 fully saturated rings. The molecule has 2 N–H and O–H groups in total. The predicted octanol–water partition coefficient (Wildman–Crippen LogP) is 3.33. The van der Waals surface area contributed by atoms with Crippen LogP contribution in [0.3, 0.4) is 0 Å². The molecule has 2 rings (SSSR count). The molecule has 0 aliphatic carbocycles. The van der Waals surface area contributed by atoms with E-state index in [4.69, 9.17) is 4.74 Å². The van der Waals surface area contributed by atoms with Crippen molar-refractivity contribution in [2.75, 3.05) is 20.2 Å². The van der Waals surface area contributed by atoms with Crippen molar-refractivity contribution in [3.8, 4) is 5.75 Å². The van der Waals surface area contributed by atoms with E-state index in [2.05, 4.69) is 34.0 Å². The van der Waals surface area contributed by atoms with Crippen LogP contribution in [0.2, 0.25) is 0 Å². The van der Waals surface area contributed by atoms with Crippen molar-refractivity contribution in [1.82, 2.24) is 10.6 Å². The fraction of sp³-hybridized carbons (Fsp3) is 0.353. The van der Waals surface area contributed by atoms with Gasteiger partial charge in [-0.25, -0.2) is 4.39 Å². The SMILES string of the molecule is CN=C(NCCCOc1ccc(F)cc1)NCc1sccc1C. The van der Waals surface area contributed by atoms with E-state index in [0.717, 1.165) is 25.5 Å². The molecule has 4 nitrogen and oxygen atoms in total. The Labute approximate surface area is 140 Å². The van der Waals surface area contributed by atoms with Gasteiger partial charge in [0.25, 0.3) is 0 Å². The van der Waals surface area contributed by atoms with Gasteiger partial charge in [-0.3, -0.25) is 4.99 Å². The summed E-state index contributed by atoms with van der Waals surface area (Å²) in [6.45, 7) is 4.20. The molecule has 0 radical (unpaired) electrons. The van der Waals surface area contributed by atoms with Crippen LogP contribution < -0.4 is 15.4 Å². The molecule has 0 unspecified atom stereocenters. The Hall–Kier alpha value is -2.08. The van der Waals surface area contributed by atoms with Crippen LogP contribution in [0.4, 0.5) is 4.39 Å². The van der Waals surface area contributed by atoms with Crippen molar-refractivity contribution in [2.24, 2.45) is 4.99 Å². The number of nitrogens with one attached hydrogen (secondary N) is 2. The first-order chi connectivity index (χ1) is 11.2. The molecule has 1 aromatic heterocycles. The van der Waals surface area contributed by atoms with Crippen LogP contribution in [0.5, 0.6) is 5.75 Å².